The molecule has 1 atom stereocenters. The molecule has 158 valence electrons. The van der Waals surface area contributed by atoms with E-state index in [1.165, 1.54) is 11.0 Å². The predicted molar refractivity (Wildman–Crippen MR) is 112 cm³/mol. The number of ether oxygens (including phenoxy) is 1. The van der Waals surface area contributed by atoms with Crippen LogP contribution in [0.4, 0.5) is 4.39 Å². The molecule has 0 aromatic heterocycles. The molecule has 2 aliphatic heterocycles. The van der Waals surface area contributed by atoms with E-state index in [1.807, 2.05) is 19.2 Å². The summed E-state index contributed by atoms with van der Waals surface area (Å²) < 4.78 is 20.1. The fraction of sp³-hybridized carbons (Fsp3) is 0.318. The van der Waals surface area contributed by atoms with Gasteiger partial charge < -0.3 is 19.8 Å². The van der Waals surface area contributed by atoms with Crippen LogP contribution in [0.5, 0.6) is 5.75 Å². The number of aliphatic hydroxyl groups is 1. The zero-order valence-electron chi connectivity index (χ0n) is 16.8. The maximum atomic E-state index is 14.2. The van der Waals surface area contributed by atoms with Gasteiger partial charge in [-0.1, -0.05) is 29.8 Å². The van der Waals surface area contributed by atoms with E-state index in [9.17, 15) is 14.3 Å². The van der Waals surface area contributed by atoms with Gasteiger partial charge in [-0.25, -0.2) is 9.82 Å². The highest BCUT2D eigenvalue weighted by Gasteiger charge is 2.49. The van der Waals surface area contributed by atoms with Crippen molar-refractivity contribution in [3.63, 3.8) is 0 Å². The van der Waals surface area contributed by atoms with Crippen LogP contribution >= 0.6 is 11.6 Å². The molecule has 2 heterocycles. The number of aliphatic hydroxyl groups excluding tert-OH is 1. The van der Waals surface area contributed by atoms with Gasteiger partial charge in [0.1, 0.15) is 23.7 Å². The summed E-state index contributed by atoms with van der Waals surface area (Å²) in [6, 6.07) is 11.7. The van der Waals surface area contributed by atoms with Crippen molar-refractivity contribution < 1.29 is 19.0 Å². The third kappa shape index (κ3) is 3.43. The van der Waals surface area contributed by atoms with Crippen LogP contribution in [0.1, 0.15) is 18.1 Å². The van der Waals surface area contributed by atoms with E-state index in [4.69, 9.17) is 16.3 Å². The average molecular weight is 432 g/mol. The fourth-order valence-corrected chi connectivity index (χ4v) is 4.29. The van der Waals surface area contributed by atoms with Crippen molar-refractivity contribution in [3.8, 4) is 5.75 Å². The lowest BCUT2D eigenvalue weighted by molar-refractivity contribution is -0.138. The highest BCUT2D eigenvalue weighted by Crippen LogP contribution is 2.43. The van der Waals surface area contributed by atoms with Crippen LogP contribution in [0, 0.1) is 5.82 Å². The molecule has 0 fully saturated rings. The Balaban J connectivity index is 1.71. The van der Waals surface area contributed by atoms with E-state index in [0.29, 0.717) is 16.3 Å². The van der Waals surface area contributed by atoms with Crippen molar-refractivity contribution in [2.45, 2.75) is 19.0 Å². The molecule has 30 heavy (non-hydrogen) atoms. The first-order chi connectivity index (χ1) is 14.3. The average Bonchev–Trinajstić information content (AvgIpc) is 3.00. The van der Waals surface area contributed by atoms with Gasteiger partial charge in [0.05, 0.1) is 12.3 Å². The first-order valence-electron chi connectivity index (χ1n) is 9.66. The van der Waals surface area contributed by atoms with Crippen molar-refractivity contribution in [1.29, 1.82) is 0 Å². The molecule has 8 heteroatoms. The van der Waals surface area contributed by atoms with Gasteiger partial charge in [0, 0.05) is 41.9 Å². The van der Waals surface area contributed by atoms with E-state index in [2.05, 4.69) is 5.43 Å². The second kappa shape index (κ2) is 7.91. The third-order valence-corrected chi connectivity index (χ3v) is 5.82. The van der Waals surface area contributed by atoms with Crippen LogP contribution in [-0.4, -0.2) is 53.3 Å². The topological polar surface area (TPSA) is 65.0 Å². The zero-order valence-corrected chi connectivity index (χ0v) is 17.5. The van der Waals surface area contributed by atoms with Crippen LogP contribution in [0.15, 0.2) is 48.0 Å². The molecule has 0 bridgehead atoms. The molecule has 0 spiro atoms. The molecule has 6 nitrogen and oxygen atoms in total. The summed E-state index contributed by atoms with van der Waals surface area (Å²) in [5.41, 5.74) is 4.93. The summed E-state index contributed by atoms with van der Waals surface area (Å²) in [4.78, 5) is 15.1. The lowest BCUT2D eigenvalue weighted by Gasteiger charge is -2.34. The van der Waals surface area contributed by atoms with E-state index >= 15 is 0 Å². The van der Waals surface area contributed by atoms with Gasteiger partial charge in [0.2, 0.25) is 5.91 Å². The highest BCUT2D eigenvalue weighted by molar-refractivity contribution is 6.30. The van der Waals surface area contributed by atoms with E-state index < -0.39 is 5.54 Å². The van der Waals surface area contributed by atoms with E-state index in [0.717, 1.165) is 16.8 Å². The van der Waals surface area contributed by atoms with Crippen LogP contribution in [0.25, 0.3) is 5.70 Å². The zero-order chi connectivity index (χ0) is 21.5. The Labute approximate surface area is 179 Å². The number of amides is 1. The molecule has 2 aromatic rings. The number of nitrogens with zero attached hydrogens (tertiary/aromatic N) is 2. The number of fused-ring (bicyclic) bond motifs is 2. The maximum Gasteiger partial charge on any atom is 0.249 e. The Morgan fingerprint density at radius 1 is 1.37 bits per heavy atom. The lowest BCUT2D eigenvalue weighted by Crippen LogP contribution is -2.57. The van der Waals surface area contributed by atoms with Gasteiger partial charge in [-0.15, -0.1) is 0 Å². The summed E-state index contributed by atoms with van der Waals surface area (Å²) >= 11 is 6.19. The van der Waals surface area contributed by atoms with Gasteiger partial charge in [-0.05, 0) is 31.2 Å². The molecule has 4 rings (SSSR count). The SMILES string of the molecule is CN1NC(C)(C(=O)N(CCO)Cc2ccccc2F)C2=C1c1cc(Cl)ccc1OC2. The monoisotopic (exact) mass is 431 g/mol. The van der Waals surface area contributed by atoms with Crippen molar-refractivity contribution in [1.82, 2.24) is 15.3 Å². The summed E-state index contributed by atoms with van der Waals surface area (Å²) in [7, 11) is 1.83. The van der Waals surface area contributed by atoms with E-state index in [-0.39, 0.29) is 38.0 Å². The van der Waals surface area contributed by atoms with Gasteiger partial charge in [0.15, 0.2) is 0 Å². The normalized spacial score (nSPS) is 20.0. The minimum Gasteiger partial charge on any atom is -0.488 e. The Kier molecular flexibility index (Phi) is 5.44. The Bertz CT molecular complexity index is 1030. The molecule has 2 aromatic carbocycles. The molecule has 1 unspecified atom stereocenters. The largest absolute Gasteiger partial charge is 0.488 e. The first-order valence-corrected chi connectivity index (χ1v) is 10.0. The minimum absolute atomic E-state index is 0.0545. The molecular weight excluding hydrogens is 409 g/mol. The van der Waals surface area contributed by atoms with Crippen LogP contribution in [0.2, 0.25) is 5.02 Å². The number of hydrogen-bond donors (Lipinski definition) is 2. The van der Waals surface area contributed by atoms with Crippen molar-refractivity contribution in [2.24, 2.45) is 0 Å². The quantitative estimate of drug-likeness (QED) is 0.762. The number of benzene rings is 2. The Morgan fingerprint density at radius 3 is 2.87 bits per heavy atom. The lowest BCUT2D eigenvalue weighted by atomic mass is 9.88. The van der Waals surface area contributed by atoms with Crippen molar-refractivity contribution in [3.05, 3.63) is 70.0 Å². The fourth-order valence-electron chi connectivity index (χ4n) is 4.12. The van der Waals surface area contributed by atoms with Gasteiger partial charge >= 0.3 is 0 Å². The number of rotatable bonds is 5. The molecule has 0 aliphatic carbocycles. The Morgan fingerprint density at radius 2 is 2.13 bits per heavy atom. The second-order valence-corrected chi connectivity index (χ2v) is 8.03. The first kappa shape index (κ1) is 20.7. The summed E-state index contributed by atoms with van der Waals surface area (Å²) in [5, 5.41) is 11.9. The molecular formula is C22H23ClFN3O3. The van der Waals surface area contributed by atoms with Crippen molar-refractivity contribution >= 4 is 23.2 Å². The summed E-state index contributed by atoms with van der Waals surface area (Å²) in [6.45, 7) is 1.92. The minimum atomic E-state index is -1.11. The molecule has 2 aliphatic rings. The number of hydrazine groups is 1. The van der Waals surface area contributed by atoms with Crippen molar-refractivity contribution in [2.75, 3.05) is 26.8 Å². The second-order valence-electron chi connectivity index (χ2n) is 7.59. The van der Waals surface area contributed by atoms with Gasteiger partial charge in [-0.2, -0.15) is 0 Å². The third-order valence-electron chi connectivity index (χ3n) is 5.59. The van der Waals surface area contributed by atoms with Crippen LogP contribution in [0.3, 0.4) is 0 Å². The maximum absolute atomic E-state index is 14.2. The standard InChI is InChI=1S/C22H23ClFN3O3/c1-22(21(29)27(9-10-28)12-14-5-3-4-6-18(14)24)17-13-30-19-8-7-15(23)11-16(19)20(17)26(2)25-22/h3-8,11,25,28H,9-10,12-13H2,1-2H3. The number of nitrogens with one attached hydrogen (secondary N) is 1. The Hall–Kier alpha value is -2.61. The number of carbonyl (C=O) groups is 1. The number of carbonyl (C=O) groups excluding carboxylic acids is 1. The van der Waals surface area contributed by atoms with Crippen LogP contribution in [-0.2, 0) is 11.3 Å². The number of hydrogen-bond acceptors (Lipinski definition) is 5. The van der Waals surface area contributed by atoms with E-state index in [1.54, 1.807) is 36.2 Å². The van der Waals surface area contributed by atoms with Crippen LogP contribution < -0.4 is 10.2 Å². The number of halogens is 2. The predicted octanol–water partition coefficient (Wildman–Crippen LogP) is 2.81. The highest BCUT2D eigenvalue weighted by atomic mass is 35.5. The van der Waals surface area contributed by atoms with Gasteiger partial charge in [-0.3, -0.25) is 4.79 Å². The smallest absolute Gasteiger partial charge is 0.249 e. The summed E-state index contributed by atoms with van der Waals surface area (Å²) in [6.07, 6.45) is 0. The van der Waals surface area contributed by atoms with Gasteiger partial charge in [0.25, 0.3) is 0 Å². The molecule has 0 saturated heterocycles. The molecule has 0 radical (unpaired) electrons. The molecule has 2 N–H and O–H groups in total. The summed E-state index contributed by atoms with van der Waals surface area (Å²) in [5.74, 6) is 0.0344. The molecule has 0 saturated carbocycles. The molecule has 1 amide bonds.